The van der Waals surface area contributed by atoms with Gasteiger partial charge in [0.05, 0.1) is 4.88 Å². The number of aromatic nitrogens is 1. The first-order valence-electron chi connectivity index (χ1n) is 9.10. The highest BCUT2D eigenvalue weighted by molar-refractivity contribution is 7.19. The fourth-order valence-electron chi connectivity index (χ4n) is 3.21. The first-order chi connectivity index (χ1) is 14.0. The number of rotatable bonds is 3. The van der Waals surface area contributed by atoms with Crippen molar-refractivity contribution in [3.63, 3.8) is 0 Å². The van der Waals surface area contributed by atoms with Crippen molar-refractivity contribution < 1.29 is 8.78 Å². The Morgan fingerprint density at radius 3 is 2.52 bits per heavy atom. The van der Waals surface area contributed by atoms with E-state index in [4.69, 9.17) is 0 Å². The molecule has 4 rings (SSSR count). The van der Waals surface area contributed by atoms with Gasteiger partial charge in [0.15, 0.2) is 11.6 Å². The number of thiophene rings is 1. The third-order valence-electron chi connectivity index (χ3n) is 4.68. The van der Waals surface area contributed by atoms with Crippen LogP contribution in [-0.4, -0.2) is 4.57 Å². The van der Waals surface area contributed by atoms with Crippen LogP contribution in [0.1, 0.15) is 21.6 Å². The van der Waals surface area contributed by atoms with Crippen LogP contribution in [-0.2, 0) is 19.9 Å². The highest BCUT2D eigenvalue weighted by Gasteiger charge is 2.11. The Labute approximate surface area is 171 Å². The summed E-state index contributed by atoms with van der Waals surface area (Å²) < 4.78 is 28.2. The molecule has 0 atom stereocenters. The second-order valence-corrected chi connectivity index (χ2v) is 7.82. The molecule has 29 heavy (non-hydrogen) atoms. The van der Waals surface area contributed by atoms with E-state index >= 15 is 0 Å². The lowest BCUT2D eigenvalue weighted by Crippen LogP contribution is -2.20. The first-order valence-corrected chi connectivity index (χ1v) is 9.92. The number of hydrogen-bond acceptors (Lipinski definition) is 2. The van der Waals surface area contributed by atoms with E-state index in [0.29, 0.717) is 17.5 Å². The molecule has 2 aromatic carbocycles. The Bertz CT molecular complexity index is 1310. The molecule has 0 bridgehead atoms. The summed E-state index contributed by atoms with van der Waals surface area (Å²) in [5, 5.41) is 0.915. The summed E-state index contributed by atoms with van der Waals surface area (Å²) in [7, 11) is 1.72. The largest absolute Gasteiger partial charge is 0.303 e. The third-order valence-corrected chi connectivity index (χ3v) is 5.82. The predicted molar refractivity (Wildman–Crippen MR) is 113 cm³/mol. The minimum Gasteiger partial charge on any atom is -0.303 e. The zero-order valence-electron chi connectivity index (χ0n) is 15.7. The van der Waals surface area contributed by atoms with E-state index in [9.17, 15) is 13.6 Å². The van der Waals surface area contributed by atoms with Gasteiger partial charge in [0.2, 0.25) is 0 Å². The van der Waals surface area contributed by atoms with Gasteiger partial charge in [-0.25, -0.2) is 8.78 Å². The fraction of sp³-hybridized carbons (Fsp3) is 0.125. The number of fused-ring (bicyclic) bond motifs is 1. The molecular formula is C24H17F2NOS. The van der Waals surface area contributed by atoms with Gasteiger partial charge in [-0.05, 0) is 35.4 Å². The van der Waals surface area contributed by atoms with E-state index in [-0.39, 0.29) is 12.0 Å². The standard InChI is InChI=1S/C24H17F2NOS/c1-27-23(28)18(12-17-10-11-21(25)22(26)13-17)14-19-15-20(29-24(19)27)9-5-8-16-6-3-2-4-7-16/h2-4,6-7,10-11,13-15H,8,12H2,1H3. The average Bonchev–Trinajstić information content (AvgIpc) is 3.12. The molecule has 2 aromatic heterocycles. The maximum Gasteiger partial charge on any atom is 0.254 e. The van der Waals surface area contributed by atoms with E-state index < -0.39 is 11.6 Å². The summed E-state index contributed by atoms with van der Waals surface area (Å²) in [6.45, 7) is 0. The summed E-state index contributed by atoms with van der Waals surface area (Å²) in [5.41, 5.74) is 2.10. The maximum absolute atomic E-state index is 13.5. The quantitative estimate of drug-likeness (QED) is 0.437. The minimum atomic E-state index is -0.910. The monoisotopic (exact) mass is 405 g/mol. The number of hydrogen-bond donors (Lipinski definition) is 0. The molecule has 144 valence electrons. The molecule has 0 radical (unpaired) electrons. The van der Waals surface area contributed by atoms with Crippen LogP contribution in [0.4, 0.5) is 8.78 Å². The SMILES string of the molecule is Cn1c(=O)c(Cc2ccc(F)c(F)c2)cc2cc(C#CCc3ccccc3)sc21. The molecule has 0 aliphatic carbocycles. The van der Waals surface area contributed by atoms with E-state index in [1.54, 1.807) is 11.6 Å². The van der Waals surface area contributed by atoms with Gasteiger partial charge in [0.25, 0.3) is 5.56 Å². The molecule has 0 saturated heterocycles. The Kier molecular flexibility index (Phi) is 5.28. The minimum absolute atomic E-state index is 0.145. The number of halogens is 2. The normalized spacial score (nSPS) is 10.7. The smallest absolute Gasteiger partial charge is 0.254 e. The Morgan fingerprint density at radius 2 is 1.76 bits per heavy atom. The van der Waals surface area contributed by atoms with Crippen molar-refractivity contribution in [1.82, 2.24) is 4.57 Å². The summed E-state index contributed by atoms with van der Waals surface area (Å²) in [4.78, 5) is 14.4. The van der Waals surface area contributed by atoms with Crippen LogP contribution in [0.15, 0.2) is 65.5 Å². The molecule has 0 spiro atoms. The van der Waals surface area contributed by atoms with Crippen molar-refractivity contribution in [2.45, 2.75) is 12.8 Å². The van der Waals surface area contributed by atoms with Gasteiger partial charge in [0.1, 0.15) is 4.83 Å². The Morgan fingerprint density at radius 1 is 0.966 bits per heavy atom. The second-order valence-electron chi connectivity index (χ2n) is 6.79. The second kappa shape index (κ2) is 8.02. The molecule has 0 saturated carbocycles. The van der Waals surface area contributed by atoms with Crippen molar-refractivity contribution >= 4 is 21.6 Å². The first kappa shape index (κ1) is 19.1. The lowest BCUT2D eigenvalue weighted by molar-refractivity contribution is 0.507. The fourth-order valence-corrected chi connectivity index (χ4v) is 4.18. The summed E-state index contributed by atoms with van der Waals surface area (Å²) in [6, 6.07) is 17.5. The van der Waals surface area contributed by atoms with Crippen LogP contribution in [0.5, 0.6) is 0 Å². The van der Waals surface area contributed by atoms with Crippen LogP contribution in [0.3, 0.4) is 0 Å². The van der Waals surface area contributed by atoms with Gasteiger partial charge in [-0.15, -0.1) is 11.3 Å². The molecule has 0 aliphatic rings. The van der Waals surface area contributed by atoms with Crippen LogP contribution < -0.4 is 5.56 Å². The molecule has 2 heterocycles. The van der Waals surface area contributed by atoms with Crippen LogP contribution in [0.25, 0.3) is 10.2 Å². The van der Waals surface area contributed by atoms with Crippen LogP contribution in [0, 0.1) is 23.5 Å². The van der Waals surface area contributed by atoms with Gasteiger partial charge in [0, 0.05) is 30.8 Å². The molecular weight excluding hydrogens is 388 g/mol. The topological polar surface area (TPSA) is 22.0 Å². The van der Waals surface area contributed by atoms with Gasteiger partial charge >= 0.3 is 0 Å². The highest BCUT2D eigenvalue weighted by atomic mass is 32.1. The number of aryl methyl sites for hydroxylation is 1. The number of benzene rings is 2. The van der Waals surface area contributed by atoms with Crippen LogP contribution in [0.2, 0.25) is 0 Å². The maximum atomic E-state index is 13.5. The van der Waals surface area contributed by atoms with Crippen molar-refractivity contribution in [3.8, 4) is 11.8 Å². The molecule has 0 unspecified atom stereocenters. The van der Waals surface area contributed by atoms with Gasteiger partial charge in [-0.2, -0.15) is 0 Å². The summed E-state index contributed by atoms with van der Waals surface area (Å²) in [6.07, 6.45) is 0.903. The van der Waals surface area contributed by atoms with Gasteiger partial charge in [-0.1, -0.05) is 48.2 Å². The van der Waals surface area contributed by atoms with Crippen molar-refractivity contribution in [2.75, 3.05) is 0 Å². The average molecular weight is 405 g/mol. The van der Waals surface area contributed by atoms with Crippen molar-refractivity contribution in [3.05, 3.63) is 104 Å². The molecule has 2 nitrogen and oxygen atoms in total. The number of nitrogens with zero attached hydrogens (tertiary/aromatic N) is 1. The van der Waals surface area contributed by atoms with E-state index in [1.807, 2.05) is 42.5 Å². The van der Waals surface area contributed by atoms with Crippen molar-refractivity contribution in [2.24, 2.45) is 7.05 Å². The molecule has 4 aromatic rings. The predicted octanol–water partition coefficient (Wildman–Crippen LogP) is 5.06. The summed E-state index contributed by atoms with van der Waals surface area (Å²) >= 11 is 1.47. The lowest BCUT2D eigenvalue weighted by atomic mass is 10.1. The highest BCUT2D eigenvalue weighted by Crippen LogP contribution is 2.25. The number of pyridine rings is 1. The molecule has 0 aliphatic heterocycles. The van der Waals surface area contributed by atoms with E-state index in [0.717, 1.165) is 32.8 Å². The Balaban J connectivity index is 1.64. The van der Waals surface area contributed by atoms with E-state index in [2.05, 4.69) is 11.8 Å². The molecule has 0 fully saturated rings. The van der Waals surface area contributed by atoms with Crippen molar-refractivity contribution in [1.29, 1.82) is 0 Å². The van der Waals surface area contributed by atoms with Gasteiger partial charge in [-0.3, -0.25) is 4.79 Å². The molecule has 0 amide bonds. The Hall–Kier alpha value is -3.23. The zero-order chi connectivity index (χ0) is 20.4. The summed E-state index contributed by atoms with van der Waals surface area (Å²) in [5.74, 6) is 4.54. The van der Waals surface area contributed by atoms with Crippen LogP contribution >= 0.6 is 11.3 Å². The van der Waals surface area contributed by atoms with Gasteiger partial charge < -0.3 is 4.57 Å². The molecule has 0 N–H and O–H groups in total. The van der Waals surface area contributed by atoms with E-state index in [1.165, 1.54) is 17.4 Å². The zero-order valence-corrected chi connectivity index (χ0v) is 16.5. The molecule has 5 heteroatoms. The lowest BCUT2D eigenvalue weighted by Gasteiger charge is -2.06. The third kappa shape index (κ3) is 4.13.